The molecule has 0 atom stereocenters. The predicted molar refractivity (Wildman–Crippen MR) is 274 cm³/mol. The Morgan fingerprint density at radius 1 is 0.266 bits per heavy atom. The zero-order chi connectivity index (χ0) is 42.9. The summed E-state index contributed by atoms with van der Waals surface area (Å²) in [5.41, 5.74) is 17.2. The molecule has 2 heteroatoms. The summed E-state index contributed by atoms with van der Waals surface area (Å²) in [5, 5.41) is 0. The molecule has 0 saturated heterocycles. The van der Waals surface area contributed by atoms with Crippen LogP contribution in [-0.2, 0) is 0 Å². The van der Waals surface area contributed by atoms with Crippen LogP contribution in [0, 0.1) is 0 Å². The molecule has 0 N–H and O–H groups in total. The van der Waals surface area contributed by atoms with Crippen molar-refractivity contribution < 1.29 is 0 Å². The molecule has 0 aliphatic heterocycles. The highest BCUT2D eigenvalue weighted by Crippen LogP contribution is 2.40. The van der Waals surface area contributed by atoms with Crippen molar-refractivity contribution in [3.63, 3.8) is 0 Å². The van der Waals surface area contributed by atoms with Crippen LogP contribution < -0.4 is 9.80 Å². The van der Waals surface area contributed by atoms with Gasteiger partial charge < -0.3 is 9.80 Å². The summed E-state index contributed by atoms with van der Waals surface area (Å²) in [6.07, 6.45) is 17.8. The van der Waals surface area contributed by atoms with E-state index in [0.717, 1.165) is 22.7 Å². The minimum absolute atomic E-state index is 0.703. The predicted octanol–water partition coefficient (Wildman–Crippen LogP) is 18.2. The van der Waals surface area contributed by atoms with E-state index in [2.05, 4.69) is 228 Å². The SMILES string of the molecule is C(=Cc1ccc(-c2ccc(N(c3ccccc3)c3ccc(C4CCCCC4)cc3)cc2)cc1)c1ccc(-c2ccc(N(c3ccccc3)c3ccc(C4CCCCC4)cc3)cc2)cc1. The van der Waals surface area contributed by atoms with E-state index >= 15 is 0 Å². The van der Waals surface area contributed by atoms with Gasteiger partial charge in [-0.1, -0.05) is 184 Å². The average molecular weight is 831 g/mol. The average Bonchev–Trinajstić information content (AvgIpc) is 3.38. The molecule has 0 unspecified atom stereocenters. The molecule has 2 saturated carbocycles. The van der Waals surface area contributed by atoms with Gasteiger partial charge in [-0.2, -0.15) is 0 Å². The summed E-state index contributed by atoms with van der Waals surface area (Å²) >= 11 is 0. The van der Waals surface area contributed by atoms with Crippen molar-refractivity contribution in [3.05, 3.63) is 229 Å². The molecule has 8 aromatic carbocycles. The first kappa shape index (κ1) is 41.1. The van der Waals surface area contributed by atoms with Crippen LogP contribution in [0.25, 0.3) is 34.4 Å². The Labute approximate surface area is 381 Å². The normalized spacial score (nSPS) is 14.7. The second kappa shape index (κ2) is 19.7. The Hall–Kier alpha value is -6.90. The van der Waals surface area contributed by atoms with Gasteiger partial charge in [-0.15, -0.1) is 0 Å². The highest BCUT2D eigenvalue weighted by molar-refractivity contribution is 5.81. The Balaban J connectivity index is 0.796. The van der Waals surface area contributed by atoms with Crippen molar-refractivity contribution in [2.75, 3.05) is 9.80 Å². The zero-order valence-corrected chi connectivity index (χ0v) is 36.9. The lowest BCUT2D eigenvalue weighted by Gasteiger charge is -2.27. The van der Waals surface area contributed by atoms with Crippen LogP contribution in [0.3, 0.4) is 0 Å². The van der Waals surface area contributed by atoms with Crippen LogP contribution in [0.15, 0.2) is 206 Å². The fourth-order valence-corrected chi connectivity index (χ4v) is 10.1. The molecule has 0 bridgehead atoms. The van der Waals surface area contributed by atoms with E-state index in [1.807, 2.05) is 0 Å². The minimum atomic E-state index is 0.703. The van der Waals surface area contributed by atoms with Crippen molar-refractivity contribution >= 4 is 46.3 Å². The van der Waals surface area contributed by atoms with Crippen LogP contribution in [-0.4, -0.2) is 0 Å². The lowest BCUT2D eigenvalue weighted by atomic mass is 9.84. The highest BCUT2D eigenvalue weighted by atomic mass is 15.1. The van der Waals surface area contributed by atoms with Crippen LogP contribution in [0.2, 0.25) is 0 Å². The summed E-state index contributed by atoms with van der Waals surface area (Å²) in [6.45, 7) is 0. The first-order valence-corrected chi connectivity index (χ1v) is 23.7. The van der Waals surface area contributed by atoms with Crippen molar-refractivity contribution in [1.82, 2.24) is 0 Å². The number of hydrogen-bond acceptors (Lipinski definition) is 2. The maximum absolute atomic E-state index is 2.36. The van der Waals surface area contributed by atoms with Gasteiger partial charge in [-0.05, 0) is 155 Å². The lowest BCUT2D eigenvalue weighted by molar-refractivity contribution is 0.443. The summed E-state index contributed by atoms with van der Waals surface area (Å²) in [7, 11) is 0. The van der Waals surface area contributed by atoms with E-state index in [9.17, 15) is 0 Å². The first-order valence-electron chi connectivity index (χ1n) is 23.7. The van der Waals surface area contributed by atoms with Crippen LogP contribution >= 0.6 is 0 Å². The summed E-state index contributed by atoms with van der Waals surface area (Å²) in [4.78, 5) is 4.73. The quantitative estimate of drug-likeness (QED) is 0.113. The third-order valence-corrected chi connectivity index (χ3v) is 13.7. The summed E-state index contributed by atoms with van der Waals surface area (Å²) in [6, 6.07) is 75.8. The molecular formula is C62H58N2. The molecule has 2 aliphatic carbocycles. The second-order valence-corrected chi connectivity index (χ2v) is 17.9. The van der Waals surface area contributed by atoms with Gasteiger partial charge in [-0.3, -0.25) is 0 Å². The summed E-state index contributed by atoms with van der Waals surface area (Å²) < 4.78 is 0. The van der Waals surface area contributed by atoms with E-state index < -0.39 is 0 Å². The molecule has 10 rings (SSSR count). The molecule has 2 nitrogen and oxygen atoms in total. The fourth-order valence-electron chi connectivity index (χ4n) is 10.1. The largest absolute Gasteiger partial charge is 0.311 e. The van der Waals surface area contributed by atoms with Gasteiger partial charge >= 0.3 is 0 Å². The van der Waals surface area contributed by atoms with E-state index in [1.165, 1.54) is 120 Å². The van der Waals surface area contributed by atoms with Gasteiger partial charge in [0.2, 0.25) is 0 Å². The maximum atomic E-state index is 2.36. The molecular weight excluding hydrogens is 773 g/mol. The van der Waals surface area contributed by atoms with Gasteiger partial charge in [0.05, 0.1) is 0 Å². The van der Waals surface area contributed by atoms with Gasteiger partial charge in [0, 0.05) is 34.1 Å². The van der Waals surface area contributed by atoms with Crippen LogP contribution in [0.4, 0.5) is 34.1 Å². The van der Waals surface area contributed by atoms with Crippen LogP contribution in [0.1, 0.15) is 98.3 Å². The number of para-hydroxylation sites is 2. The number of nitrogens with zero attached hydrogens (tertiary/aromatic N) is 2. The third-order valence-electron chi connectivity index (χ3n) is 13.7. The van der Waals surface area contributed by atoms with Crippen LogP contribution in [0.5, 0.6) is 0 Å². The number of hydrogen-bond donors (Lipinski definition) is 0. The van der Waals surface area contributed by atoms with E-state index in [1.54, 1.807) is 0 Å². The Bertz CT molecular complexity index is 2510. The first-order chi connectivity index (χ1) is 31.7. The number of anilines is 6. The summed E-state index contributed by atoms with van der Waals surface area (Å²) in [5.74, 6) is 1.41. The second-order valence-electron chi connectivity index (χ2n) is 17.9. The van der Waals surface area contributed by atoms with Crippen molar-refractivity contribution in [1.29, 1.82) is 0 Å². The molecule has 0 radical (unpaired) electrons. The minimum Gasteiger partial charge on any atom is -0.311 e. The van der Waals surface area contributed by atoms with E-state index in [4.69, 9.17) is 0 Å². The van der Waals surface area contributed by atoms with E-state index in [0.29, 0.717) is 11.8 Å². The Kier molecular flexibility index (Phi) is 12.6. The zero-order valence-electron chi connectivity index (χ0n) is 36.9. The standard InChI is InChI=1S/C62H58N2/c1-5-13-49(14-6-1)53-31-39-59(40-32-53)63(57-17-9-3-10-18-57)61-43-35-55(36-44-61)51-27-23-47(24-28-51)21-22-48-25-29-52(30-26-48)56-37-45-62(46-38-56)64(58-19-11-4-12-20-58)60-41-33-54(34-42-60)50-15-7-2-8-16-50/h3-4,9-12,17-46,49-50H,1-2,5-8,13-16H2. The number of benzene rings is 8. The smallest absolute Gasteiger partial charge is 0.0462 e. The van der Waals surface area contributed by atoms with Gasteiger partial charge in [0.15, 0.2) is 0 Å². The monoisotopic (exact) mass is 830 g/mol. The molecule has 316 valence electrons. The van der Waals surface area contributed by atoms with E-state index in [-0.39, 0.29) is 0 Å². The van der Waals surface area contributed by atoms with Crippen molar-refractivity contribution in [2.24, 2.45) is 0 Å². The van der Waals surface area contributed by atoms with Crippen molar-refractivity contribution in [3.8, 4) is 22.3 Å². The van der Waals surface area contributed by atoms with Gasteiger partial charge in [0.25, 0.3) is 0 Å². The topological polar surface area (TPSA) is 6.48 Å². The molecule has 0 heterocycles. The third kappa shape index (κ3) is 9.53. The molecule has 64 heavy (non-hydrogen) atoms. The van der Waals surface area contributed by atoms with Crippen molar-refractivity contribution in [2.45, 2.75) is 76.0 Å². The molecule has 2 fully saturated rings. The molecule has 0 amide bonds. The maximum Gasteiger partial charge on any atom is 0.0462 e. The molecule has 8 aromatic rings. The molecule has 0 aromatic heterocycles. The van der Waals surface area contributed by atoms with Gasteiger partial charge in [-0.25, -0.2) is 0 Å². The Morgan fingerprint density at radius 2 is 0.531 bits per heavy atom. The molecule has 0 spiro atoms. The highest BCUT2D eigenvalue weighted by Gasteiger charge is 2.19. The Morgan fingerprint density at radius 3 is 0.844 bits per heavy atom. The fraction of sp³-hybridized carbons (Fsp3) is 0.194. The molecule has 2 aliphatic rings. The lowest BCUT2D eigenvalue weighted by Crippen LogP contribution is -2.10. The van der Waals surface area contributed by atoms with Gasteiger partial charge in [0.1, 0.15) is 0 Å². The number of rotatable bonds is 12.